The van der Waals surface area contributed by atoms with Gasteiger partial charge in [-0.05, 0) is 62.6 Å². The summed E-state index contributed by atoms with van der Waals surface area (Å²) in [7, 11) is 0. The van der Waals surface area contributed by atoms with Crippen LogP contribution in [0, 0.1) is 20.8 Å². The molecule has 1 saturated heterocycles. The van der Waals surface area contributed by atoms with Gasteiger partial charge in [0.05, 0.1) is 23.4 Å². The van der Waals surface area contributed by atoms with Gasteiger partial charge in [0.15, 0.2) is 11.7 Å². The second kappa shape index (κ2) is 10.4. The zero-order valence-electron chi connectivity index (χ0n) is 19.1. The molecule has 1 fully saturated rings. The molecule has 170 valence electrons. The van der Waals surface area contributed by atoms with E-state index in [0.29, 0.717) is 12.3 Å². The van der Waals surface area contributed by atoms with Crippen molar-refractivity contribution in [1.29, 1.82) is 0 Å². The van der Waals surface area contributed by atoms with Crippen molar-refractivity contribution in [3.63, 3.8) is 0 Å². The molecule has 0 N–H and O–H groups in total. The number of nitrogens with zero attached hydrogens (tertiary/aromatic N) is 3. The molecule has 1 amide bonds. The van der Waals surface area contributed by atoms with Crippen LogP contribution in [0.4, 0.5) is 5.13 Å². The van der Waals surface area contributed by atoms with Gasteiger partial charge in [0.2, 0.25) is 0 Å². The molecule has 0 radical (unpaired) electrons. The lowest BCUT2D eigenvalue weighted by atomic mass is 10.1. The number of fused-ring (bicyclic) bond motifs is 1. The SMILES string of the molecule is Cc1ccc(OCC(=O)N(CCCN2CCOCC2)c2nc3cc(C)c(C)cc3s2)cc1. The fourth-order valence-electron chi connectivity index (χ4n) is 3.74. The molecular weight excluding hydrogens is 422 g/mol. The summed E-state index contributed by atoms with van der Waals surface area (Å²) in [6, 6.07) is 12.0. The Morgan fingerprint density at radius 3 is 2.59 bits per heavy atom. The van der Waals surface area contributed by atoms with Crippen molar-refractivity contribution < 1.29 is 14.3 Å². The summed E-state index contributed by atoms with van der Waals surface area (Å²) in [4.78, 5) is 22.2. The van der Waals surface area contributed by atoms with Crippen molar-refractivity contribution >= 4 is 32.6 Å². The number of thiazole rings is 1. The van der Waals surface area contributed by atoms with Gasteiger partial charge in [-0.15, -0.1) is 0 Å². The number of hydrogen-bond donors (Lipinski definition) is 0. The van der Waals surface area contributed by atoms with Crippen LogP contribution in [0.25, 0.3) is 10.2 Å². The second-order valence-electron chi connectivity index (χ2n) is 8.36. The van der Waals surface area contributed by atoms with E-state index in [1.807, 2.05) is 31.2 Å². The van der Waals surface area contributed by atoms with Gasteiger partial charge in [-0.2, -0.15) is 0 Å². The summed E-state index contributed by atoms with van der Waals surface area (Å²) < 4.78 is 12.3. The standard InChI is InChI=1S/C25H31N3O3S/c1-18-5-7-21(8-6-18)31-17-24(29)28(10-4-9-27-11-13-30-14-12-27)25-26-22-15-19(2)20(3)16-23(22)32-25/h5-8,15-16H,4,9-14,17H2,1-3H3. The van der Waals surface area contributed by atoms with Gasteiger partial charge in [0.1, 0.15) is 5.75 Å². The third kappa shape index (κ3) is 5.65. The Kier molecular flexibility index (Phi) is 7.40. The number of carbonyl (C=O) groups is 1. The number of aryl methyl sites for hydroxylation is 3. The topological polar surface area (TPSA) is 54.9 Å². The second-order valence-corrected chi connectivity index (χ2v) is 9.36. The van der Waals surface area contributed by atoms with Crippen LogP contribution < -0.4 is 9.64 Å². The van der Waals surface area contributed by atoms with Crippen LogP contribution in [0.1, 0.15) is 23.1 Å². The molecule has 2 aromatic carbocycles. The zero-order valence-corrected chi connectivity index (χ0v) is 19.9. The zero-order chi connectivity index (χ0) is 22.5. The average Bonchev–Trinajstić information content (AvgIpc) is 3.19. The van der Waals surface area contributed by atoms with E-state index in [9.17, 15) is 4.79 Å². The van der Waals surface area contributed by atoms with E-state index in [1.54, 1.807) is 16.2 Å². The Morgan fingerprint density at radius 1 is 1.12 bits per heavy atom. The van der Waals surface area contributed by atoms with Crippen molar-refractivity contribution in [3.8, 4) is 5.75 Å². The van der Waals surface area contributed by atoms with Crippen LogP contribution >= 0.6 is 11.3 Å². The third-order valence-corrected chi connectivity index (χ3v) is 6.91. The maximum Gasteiger partial charge on any atom is 0.266 e. The van der Waals surface area contributed by atoms with E-state index in [-0.39, 0.29) is 12.5 Å². The molecule has 0 spiro atoms. The van der Waals surface area contributed by atoms with E-state index >= 15 is 0 Å². The molecule has 2 heterocycles. The lowest BCUT2D eigenvalue weighted by Gasteiger charge is -2.27. The summed E-state index contributed by atoms with van der Waals surface area (Å²) in [5.74, 6) is 0.632. The van der Waals surface area contributed by atoms with Crippen LogP contribution in [0.3, 0.4) is 0 Å². The van der Waals surface area contributed by atoms with Crippen molar-refractivity contribution in [2.45, 2.75) is 27.2 Å². The molecule has 32 heavy (non-hydrogen) atoms. The Morgan fingerprint density at radius 2 is 1.84 bits per heavy atom. The smallest absolute Gasteiger partial charge is 0.266 e. The number of amides is 1. The van der Waals surface area contributed by atoms with Crippen LogP contribution in [0.5, 0.6) is 5.75 Å². The minimum absolute atomic E-state index is 0.00536. The van der Waals surface area contributed by atoms with Crippen LogP contribution in [-0.2, 0) is 9.53 Å². The summed E-state index contributed by atoms with van der Waals surface area (Å²) in [6.07, 6.45) is 0.879. The number of morpholine rings is 1. The Balaban J connectivity index is 1.48. The molecule has 1 aliphatic rings. The number of aromatic nitrogens is 1. The molecule has 3 aromatic rings. The predicted molar refractivity (Wildman–Crippen MR) is 130 cm³/mol. The number of carbonyl (C=O) groups excluding carboxylic acids is 1. The highest BCUT2D eigenvalue weighted by atomic mass is 32.1. The molecule has 0 atom stereocenters. The van der Waals surface area contributed by atoms with E-state index < -0.39 is 0 Å². The van der Waals surface area contributed by atoms with Gasteiger partial charge in [0.25, 0.3) is 5.91 Å². The van der Waals surface area contributed by atoms with Crippen molar-refractivity contribution in [2.24, 2.45) is 0 Å². The number of anilines is 1. The summed E-state index contributed by atoms with van der Waals surface area (Å²) in [6.45, 7) is 11.2. The van der Waals surface area contributed by atoms with Crippen molar-refractivity contribution in [3.05, 3.63) is 53.1 Å². The molecule has 6 nitrogen and oxygen atoms in total. The van der Waals surface area contributed by atoms with E-state index in [0.717, 1.165) is 60.2 Å². The number of ether oxygens (including phenoxy) is 2. The first-order chi connectivity index (χ1) is 15.5. The molecule has 7 heteroatoms. The van der Waals surface area contributed by atoms with E-state index in [2.05, 4.69) is 30.9 Å². The molecule has 0 bridgehead atoms. The van der Waals surface area contributed by atoms with Crippen LogP contribution in [0.15, 0.2) is 36.4 Å². The van der Waals surface area contributed by atoms with Gasteiger partial charge >= 0.3 is 0 Å². The van der Waals surface area contributed by atoms with Gasteiger partial charge < -0.3 is 9.47 Å². The summed E-state index contributed by atoms with van der Waals surface area (Å²) >= 11 is 1.57. The van der Waals surface area contributed by atoms with Gasteiger partial charge in [0, 0.05) is 26.2 Å². The molecule has 1 aromatic heterocycles. The average molecular weight is 454 g/mol. The Bertz CT molecular complexity index is 1020. The monoisotopic (exact) mass is 453 g/mol. The van der Waals surface area contributed by atoms with Gasteiger partial charge in [-0.1, -0.05) is 29.0 Å². The number of hydrogen-bond acceptors (Lipinski definition) is 6. The highest BCUT2D eigenvalue weighted by Gasteiger charge is 2.21. The quantitative estimate of drug-likeness (QED) is 0.507. The van der Waals surface area contributed by atoms with Crippen LogP contribution in [0.2, 0.25) is 0 Å². The highest BCUT2D eigenvalue weighted by Crippen LogP contribution is 2.31. The minimum Gasteiger partial charge on any atom is -0.484 e. The maximum atomic E-state index is 13.2. The lowest BCUT2D eigenvalue weighted by molar-refractivity contribution is -0.120. The highest BCUT2D eigenvalue weighted by molar-refractivity contribution is 7.22. The van der Waals surface area contributed by atoms with Gasteiger partial charge in [-0.3, -0.25) is 14.6 Å². The lowest BCUT2D eigenvalue weighted by Crippen LogP contribution is -2.40. The van der Waals surface area contributed by atoms with E-state index in [4.69, 9.17) is 14.5 Å². The third-order valence-electron chi connectivity index (χ3n) is 5.87. The first kappa shape index (κ1) is 22.7. The van der Waals surface area contributed by atoms with E-state index in [1.165, 1.54) is 11.1 Å². The molecule has 0 unspecified atom stereocenters. The first-order valence-corrected chi connectivity index (χ1v) is 12.0. The summed E-state index contributed by atoms with van der Waals surface area (Å²) in [5.41, 5.74) is 4.55. The predicted octanol–water partition coefficient (Wildman–Crippen LogP) is 4.36. The Hall–Kier alpha value is -2.48. The van der Waals surface area contributed by atoms with Gasteiger partial charge in [-0.25, -0.2) is 4.98 Å². The molecule has 1 aliphatic heterocycles. The normalized spacial score (nSPS) is 14.6. The fourth-order valence-corrected chi connectivity index (χ4v) is 4.83. The van der Waals surface area contributed by atoms with Crippen molar-refractivity contribution in [2.75, 3.05) is 50.9 Å². The molecule has 0 aliphatic carbocycles. The maximum absolute atomic E-state index is 13.2. The number of rotatable bonds is 8. The van der Waals surface area contributed by atoms with Crippen molar-refractivity contribution in [1.82, 2.24) is 9.88 Å². The number of benzene rings is 2. The molecule has 0 saturated carbocycles. The molecule has 4 rings (SSSR count). The minimum atomic E-state index is -0.0694. The van der Waals surface area contributed by atoms with Crippen LogP contribution in [-0.4, -0.2) is 61.8 Å². The molecular formula is C25H31N3O3S. The first-order valence-electron chi connectivity index (χ1n) is 11.2. The largest absolute Gasteiger partial charge is 0.484 e. The Labute approximate surface area is 193 Å². The summed E-state index contributed by atoms with van der Waals surface area (Å²) in [5, 5.41) is 0.740. The fraction of sp³-hybridized carbons (Fsp3) is 0.440.